The van der Waals surface area contributed by atoms with Crippen molar-refractivity contribution in [2.24, 2.45) is 0 Å². The van der Waals surface area contributed by atoms with Gasteiger partial charge in [0.05, 0.1) is 10.0 Å². The van der Waals surface area contributed by atoms with E-state index in [9.17, 15) is 13.2 Å². The molecule has 0 saturated carbocycles. The third-order valence-electron chi connectivity index (χ3n) is 2.87. The summed E-state index contributed by atoms with van der Waals surface area (Å²) in [6, 6.07) is 5.34. The quantitative estimate of drug-likeness (QED) is 0.702. The molecular weight excluding hydrogens is 326 g/mol. The number of hydrogen-bond acceptors (Lipinski definition) is 2. The molecule has 0 spiro atoms. The fourth-order valence-corrected chi connectivity index (χ4v) is 2.35. The van der Waals surface area contributed by atoms with Crippen LogP contribution >= 0.6 is 23.2 Å². The average molecular weight is 344 g/mol. The minimum absolute atomic E-state index is 0.0146. The molecule has 0 fully saturated rings. The van der Waals surface area contributed by atoms with Crippen LogP contribution in [0.3, 0.4) is 0 Å². The van der Waals surface area contributed by atoms with Crippen molar-refractivity contribution >= 4 is 23.2 Å². The van der Waals surface area contributed by atoms with Crippen molar-refractivity contribution in [3.63, 3.8) is 0 Å². The third kappa shape index (κ3) is 7.36. The predicted octanol–water partition coefficient (Wildman–Crippen LogP) is 4.48. The first-order chi connectivity index (χ1) is 9.83. The van der Waals surface area contributed by atoms with Crippen LogP contribution in [0, 0.1) is 0 Å². The van der Waals surface area contributed by atoms with E-state index < -0.39 is 12.8 Å². The predicted molar refractivity (Wildman–Crippen MR) is 79.1 cm³/mol. The molecule has 1 aromatic rings. The van der Waals surface area contributed by atoms with Gasteiger partial charge in [-0.3, -0.25) is 0 Å². The van der Waals surface area contributed by atoms with Gasteiger partial charge < -0.3 is 10.1 Å². The maximum absolute atomic E-state index is 12.0. The van der Waals surface area contributed by atoms with E-state index in [4.69, 9.17) is 23.2 Å². The summed E-state index contributed by atoms with van der Waals surface area (Å²) >= 11 is 12.1. The molecule has 1 rings (SSSR count). The summed E-state index contributed by atoms with van der Waals surface area (Å²) in [5.74, 6) is 0. The summed E-state index contributed by atoms with van der Waals surface area (Å²) in [6.45, 7) is 1.46. The molecule has 0 aromatic heterocycles. The van der Waals surface area contributed by atoms with Crippen LogP contribution in [0.4, 0.5) is 13.2 Å². The molecule has 7 heteroatoms. The standard InChI is InChI=1S/C14H18Cl2F3NO/c1-2-20-11(6-7-21-9-14(17,18)19)8-10-4-3-5-12(15)13(10)16/h3-5,11,20H,2,6-9H2,1H3. The van der Waals surface area contributed by atoms with E-state index >= 15 is 0 Å². The number of hydrogen-bond donors (Lipinski definition) is 1. The van der Waals surface area contributed by atoms with Crippen molar-refractivity contribution in [3.8, 4) is 0 Å². The molecule has 0 aliphatic heterocycles. The number of likely N-dealkylation sites (N-methyl/N-ethyl adjacent to an activating group) is 1. The fraction of sp³-hybridized carbons (Fsp3) is 0.571. The Kier molecular flexibility index (Phi) is 7.81. The summed E-state index contributed by atoms with van der Waals surface area (Å²) < 4.78 is 40.6. The molecule has 120 valence electrons. The highest BCUT2D eigenvalue weighted by Gasteiger charge is 2.27. The van der Waals surface area contributed by atoms with Gasteiger partial charge in [-0.15, -0.1) is 0 Å². The van der Waals surface area contributed by atoms with Gasteiger partial charge in [-0.1, -0.05) is 42.3 Å². The molecule has 2 nitrogen and oxygen atoms in total. The second-order valence-electron chi connectivity index (χ2n) is 4.63. The van der Waals surface area contributed by atoms with Crippen molar-refractivity contribution in [3.05, 3.63) is 33.8 Å². The lowest BCUT2D eigenvalue weighted by Crippen LogP contribution is -2.32. The van der Waals surface area contributed by atoms with Gasteiger partial charge in [0.2, 0.25) is 0 Å². The summed E-state index contributed by atoms with van der Waals surface area (Å²) in [4.78, 5) is 0. The van der Waals surface area contributed by atoms with Crippen LogP contribution in [0.2, 0.25) is 10.0 Å². The van der Waals surface area contributed by atoms with Gasteiger partial charge in [0.15, 0.2) is 0 Å². The lowest BCUT2D eigenvalue weighted by molar-refractivity contribution is -0.174. The molecule has 0 aliphatic rings. The lowest BCUT2D eigenvalue weighted by atomic mass is 10.0. The van der Waals surface area contributed by atoms with Crippen LogP contribution < -0.4 is 5.32 Å². The number of alkyl halides is 3. The van der Waals surface area contributed by atoms with Crippen LogP contribution in [0.1, 0.15) is 18.9 Å². The number of ether oxygens (including phenoxy) is 1. The molecular formula is C14H18Cl2F3NO. The van der Waals surface area contributed by atoms with Crippen molar-refractivity contribution in [1.82, 2.24) is 5.32 Å². The third-order valence-corrected chi connectivity index (χ3v) is 3.73. The SMILES string of the molecule is CCNC(CCOCC(F)(F)F)Cc1cccc(Cl)c1Cl. The van der Waals surface area contributed by atoms with Gasteiger partial charge in [0, 0.05) is 12.6 Å². The molecule has 1 aromatic carbocycles. The van der Waals surface area contributed by atoms with Crippen LogP contribution in [0.25, 0.3) is 0 Å². The Morgan fingerprint density at radius 3 is 2.62 bits per heavy atom. The van der Waals surface area contributed by atoms with Gasteiger partial charge in [-0.25, -0.2) is 0 Å². The zero-order valence-corrected chi connectivity index (χ0v) is 13.2. The van der Waals surface area contributed by atoms with Gasteiger partial charge in [0.25, 0.3) is 0 Å². The van der Waals surface area contributed by atoms with Gasteiger partial charge in [-0.2, -0.15) is 13.2 Å². The lowest BCUT2D eigenvalue weighted by Gasteiger charge is -2.19. The highest BCUT2D eigenvalue weighted by Crippen LogP contribution is 2.26. The Morgan fingerprint density at radius 2 is 2.00 bits per heavy atom. The highest BCUT2D eigenvalue weighted by atomic mass is 35.5. The summed E-state index contributed by atoms with van der Waals surface area (Å²) in [7, 11) is 0. The number of rotatable bonds is 8. The minimum Gasteiger partial charge on any atom is -0.372 e. The molecule has 0 amide bonds. The van der Waals surface area contributed by atoms with Gasteiger partial charge in [-0.05, 0) is 31.0 Å². The Bertz CT molecular complexity index is 441. The Labute approximate surface area is 132 Å². The minimum atomic E-state index is -4.29. The molecule has 0 saturated heterocycles. The largest absolute Gasteiger partial charge is 0.411 e. The molecule has 1 atom stereocenters. The van der Waals surface area contributed by atoms with Crippen LogP contribution in [0.15, 0.2) is 18.2 Å². The average Bonchev–Trinajstić information content (AvgIpc) is 2.39. The molecule has 1 unspecified atom stereocenters. The van der Waals surface area contributed by atoms with E-state index in [-0.39, 0.29) is 12.6 Å². The first-order valence-electron chi connectivity index (χ1n) is 6.64. The van der Waals surface area contributed by atoms with Crippen LogP contribution in [0.5, 0.6) is 0 Å². The summed E-state index contributed by atoms with van der Waals surface area (Å²) in [5, 5.41) is 4.17. The normalized spacial score (nSPS) is 13.4. The Balaban J connectivity index is 2.51. The van der Waals surface area contributed by atoms with Crippen LogP contribution in [-0.2, 0) is 11.2 Å². The molecule has 0 bridgehead atoms. The van der Waals surface area contributed by atoms with E-state index in [1.807, 2.05) is 13.0 Å². The molecule has 0 aliphatic carbocycles. The maximum atomic E-state index is 12.0. The van der Waals surface area contributed by atoms with E-state index in [2.05, 4.69) is 10.1 Å². The molecule has 0 heterocycles. The van der Waals surface area contributed by atoms with E-state index in [0.717, 1.165) is 5.56 Å². The first-order valence-corrected chi connectivity index (χ1v) is 7.40. The van der Waals surface area contributed by atoms with Crippen molar-refractivity contribution < 1.29 is 17.9 Å². The van der Waals surface area contributed by atoms with Crippen molar-refractivity contribution in [1.29, 1.82) is 0 Å². The maximum Gasteiger partial charge on any atom is 0.411 e. The number of benzene rings is 1. The second-order valence-corrected chi connectivity index (χ2v) is 5.41. The van der Waals surface area contributed by atoms with Crippen LogP contribution in [-0.4, -0.2) is 32.0 Å². The smallest absolute Gasteiger partial charge is 0.372 e. The molecule has 0 radical (unpaired) electrons. The first kappa shape index (κ1) is 18.6. The van der Waals surface area contributed by atoms with Crippen molar-refractivity contribution in [2.45, 2.75) is 32.0 Å². The highest BCUT2D eigenvalue weighted by molar-refractivity contribution is 6.42. The van der Waals surface area contributed by atoms with E-state index in [1.165, 1.54) is 0 Å². The second kappa shape index (κ2) is 8.83. The topological polar surface area (TPSA) is 21.3 Å². The molecule has 1 N–H and O–H groups in total. The van der Waals surface area contributed by atoms with Crippen molar-refractivity contribution in [2.75, 3.05) is 19.8 Å². The summed E-state index contributed by atoms with van der Waals surface area (Å²) in [6.07, 6.45) is -3.24. The Hall–Kier alpha value is -0.490. The zero-order valence-electron chi connectivity index (χ0n) is 11.6. The van der Waals surface area contributed by atoms with E-state index in [1.54, 1.807) is 12.1 Å². The zero-order chi connectivity index (χ0) is 15.9. The Morgan fingerprint density at radius 1 is 1.29 bits per heavy atom. The van der Waals surface area contributed by atoms with Gasteiger partial charge in [0.1, 0.15) is 6.61 Å². The monoisotopic (exact) mass is 343 g/mol. The van der Waals surface area contributed by atoms with Gasteiger partial charge >= 0.3 is 6.18 Å². The molecule has 21 heavy (non-hydrogen) atoms. The van der Waals surface area contributed by atoms with E-state index in [0.29, 0.717) is 29.4 Å². The summed E-state index contributed by atoms with van der Waals surface area (Å²) in [5.41, 5.74) is 0.867. The number of halogens is 5. The number of nitrogens with one attached hydrogen (secondary N) is 1. The fourth-order valence-electron chi connectivity index (χ4n) is 1.95.